The Morgan fingerprint density at radius 3 is 3.16 bits per heavy atom. The van der Waals surface area contributed by atoms with E-state index < -0.39 is 0 Å². The lowest BCUT2D eigenvalue weighted by Crippen LogP contribution is -2.33. The molecule has 3 heterocycles. The van der Waals surface area contributed by atoms with E-state index in [4.69, 9.17) is 0 Å². The lowest BCUT2D eigenvalue weighted by atomic mass is 10.3. The first kappa shape index (κ1) is 11.9. The smallest absolute Gasteiger partial charge is 0.197 e. The van der Waals surface area contributed by atoms with Gasteiger partial charge in [0.15, 0.2) is 17.5 Å². The van der Waals surface area contributed by atoms with Crippen molar-refractivity contribution >= 4 is 5.82 Å². The van der Waals surface area contributed by atoms with Crippen LogP contribution in [0.5, 0.6) is 0 Å². The molecule has 1 aliphatic rings. The molecule has 2 N–H and O–H groups in total. The summed E-state index contributed by atoms with van der Waals surface area (Å²) < 4.78 is 1.99. The van der Waals surface area contributed by atoms with Gasteiger partial charge in [-0.25, -0.2) is 10.4 Å². The monoisotopic (exact) mass is 259 g/mol. The molecule has 3 rings (SSSR count). The van der Waals surface area contributed by atoms with Crippen molar-refractivity contribution in [3.63, 3.8) is 0 Å². The molecule has 0 saturated carbocycles. The Morgan fingerprint density at radius 1 is 1.42 bits per heavy atom. The summed E-state index contributed by atoms with van der Waals surface area (Å²) in [5.74, 6) is 1.64. The van der Waals surface area contributed by atoms with E-state index >= 15 is 0 Å². The van der Waals surface area contributed by atoms with Crippen LogP contribution < -0.4 is 10.9 Å². The lowest BCUT2D eigenvalue weighted by molar-refractivity contribution is 0.475. The molecule has 0 bridgehead atoms. The molecule has 98 valence electrons. The van der Waals surface area contributed by atoms with Crippen molar-refractivity contribution in [1.82, 2.24) is 30.6 Å². The first-order valence-corrected chi connectivity index (χ1v) is 6.02. The van der Waals surface area contributed by atoms with Crippen LogP contribution in [-0.2, 0) is 6.54 Å². The second kappa shape index (κ2) is 4.82. The molecule has 0 unspecified atom stereocenters. The van der Waals surface area contributed by atoms with Gasteiger partial charge in [0, 0.05) is 13.1 Å². The molecule has 2 aromatic rings. The standard InChI is InChI=1S/C11H13N7O/c1-7-10-15-16-11(18(10)6-5-12-14-7)8-3-2-4-9(13-8)17-19/h2-4,7,12,14H,5-6H2,1H3/t7-/m0/s1. The summed E-state index contributed by atoms with van der Waals surface area (Å²) in [6.45, 7) is 3.49. The van der Waals surface area contributed by atoms with Gasteiger partial charge in [0.1, 0.15) is 5.69 Å². The minimum atomic E-state index is 0.0520. The molecule has 19 heavy (non-hydrogen) atoms. The van der Waals surface area contributed by atoms with Crippen molar-refractivity contribution in [2.45, 2.75) is 19.5 Å². The zero-order valence-electron chi connectivity index (χ0n) is 10.4. The van der Waals surface area contributed by atoms with Gasteiger partial charge in [-0.05, 0) is 24.2 Å². The van der Waals surface area contributed by atoms with Crippen LogP contribution in [-0.4, -0.2) is 26.3 Å². The third-order valence-electron chi connectivity index (χ3n) is 3.00. The Hall–Kier alpha value is -2.19. The van der Waals surface area contributed by atoms with Crippen LogP contribution in [0.3, 0.4) is 0 Å². The predicted octanol–water partition coefficient (Wildman–Crippen LogP) is 0.907. The second-order valence-electron chi connectivity index (χ2n) is 4.30. The second-order valence-corrected chi connectivity index (χ2v) is 4.30. The molecule has 0 fully saturated rings. The molecule has 0 spiro atoms. The number of aromatic nitrogens is 4. The van der Waals surface area contributed by atoms with Crippen molar-refractivity contribution in [1.29, 1.82) is 0 Å². The van der Waals surface area contributed by atoms with Crippen LogP contribution in [0.25, 0.3) is 11.5 Å². The van der Waals surface area contributed by atoms with Crippen LogP contribution >= 0.6 is 0 Å². The van der Waals surface area contributed by atoms with Crippen LogP contribution in [0.15, 0.2) is 23.4 Å². The summed E-state index contributed by atoms with van der Waals surface area (Å²) in [6.07, 6.45) is 0. The fourth-order valence-electron chi connectivity index (χ4n) is 2.10. The Kier molecular flexibility index (Phi) is 3.02. The minimum Gasteiger partial charge on any atom is -0.307 e. The summed E-state index contributed by atoms with van der Waals surface area (Å²) in [5.41, 5.74) is 6.83. The fraction of sp³-hybridized carbons (Fsp3) is 0.364. The van der Waals surface area contributed by atoms with Crippen molar-refractivity contribution in [3.8, 4) is 11.5 Å². The van der Waals surface area contributed by atoms with Crippen molar-refractivity contribution in [3.05, 3.63) is 28.9 Å². The first-order chi connectivity index (χ1) is 9.29. The van der Waals surface area contributed by atoms with Gasteiger partial charge in [-0.2, -0.15) is 0 Å². The van der Waals surface area contributed by atoms with Crippen LogP contribution in [0, 0.1) is 4.91 Å². The zero-order chi connectivity index (χ0) is 13.2. The van der Waals surface area contributed by atoms with E-state index in [9.17, 15) is 4.91 Å². The predicted molar refractivity (Wildman–Crippen MR) is 68.3 cm³/mol. The maximum atomic E-state index is 10.5. The van der Waals surface area contributed by atoms with Crippen LogP contribution in [0.2, 0.25) is 0 Å². The van der Waals surface area contributed by atoms with E-state index in [0.29, 0.717) is 11.5 Å². The maximum Gasteiger partial charge on any atom is 0.197 e. The molecule has 8 nitrogen and oxygen atoms in total. The molecule has 2 aromatic heterocycles. The number of fused-ring (bicyclic) bond motifs is 1. The SMILES string of the molecule is C[C@@H]1NNCCn2c(-c3cccc(N=O)n3)nnc21. The van der Waals surface area contributed by atoms with Gasteiger partial charge >= 0.3 is 0 Å². The Morgan fingerprint density at radius 2 is 2.32 bits per heavy atom. The molecule has 0 aromatic carbocycles. The van der Waals surface area contributed by atoms with Crippen molar-refractivity contribution in [2.24, 2.45) is 5.18 Å². The highest BCUT2D eigenvalue weighted by atomic mass is 16.3. The van der Waals surface area contributed by atoms with E-state index in [1.54, 1.807) is 18.2 Å². The summed E-state index contributed by atoms with van der Waals surface area (Å²) >= 11 is 0. The summed E-state index contributed by atoms with van der Waals surface area (Å²) in [6, 6.07) is 5.14. The zero-order valence-corrected chi connectivity index (χ0v) is 10.4. The molecule has 0 amide bonds. The number of rotatable bonds is 2. The normalized spacial score (nSPS) is 18.7. The van der Waals surface area contributed by atoms with Crippen LogP contribution in [0.4, 0.5) is 5.82 Å². The molecular formula is C11H13N7O. The van der Waals surface area contributed by atoms with Crippen LogP contribution in [0.1, 0.15) is 18.8 Å². The van der Waals surface area contributed by atoms with Gasteiger partial charge in [0.05, 0.1) is 6.04 Å². The molecule has 0 radical (unpaired) electrons. The quantitative estimate of drug-likeness (QED) is 0.778. The molecule has 8 heteroatoms. The van der Waals surface area contributed by atoms with E-state index in [-0.39, 0.29) is 11.9 Å². The number of hydrogen-bond donors (Lipinski definition) is 2. The Bertz CT molecular complexity index is 609. The summed E-state index contributed by atoms with van der Waals surface area (Å²) in [5, 5.41) is 11.2. The van der Waals surface area contributed by atoms with Crippen molar-refractivity contribution in [2.75, 3.05) is 6.54 Å². The van der Waals surface area contributed by atoms with E-state index in [1.807, 2.05) is 11.5 Å². The molecule has 1 atom stereocenters. The average Bonchev–Trinajstić information content (AvgIpc) is 2.79. The first-order valence-electron chi connectivity index (χ1n) is 6.02. The third kappa shape index (κ3) is 2.11. The third-order valence-corrected chi connectivity index (χ3v) is 3.00. The van der Waals surface area contributed by atoms with Gasteiger partial charge in [-0.1, -0.05) is 6.07 Å². The van der Waals surface area contributed by atoms with Gasteiger partial charge in [-0.15, -0.1) is 15.1 Å². The number of hydrazine groups is 1. The lowest BCUT2D eigenvalue weighted by Gasteiger charge is -2.09. The Labute approximate surface area is 109 Å². The number of nitrogens with zero attached hydrogens (tertiary/aromatic N) is 5. The average molecular weight is 259 g/mol. The summed E-state index contributed by atoms with van der Waals surface area (Å²) in [7, 11) is 0. The highest BCUT2D eigenvalue weighted by Crippen LogP contribution is 2.22. The number of nitrogens with one attached hydrogen (secondary N) is 2. The van der Waals surface area contributed by atoms with Gasteiger partial charge in [-0.3, -0.25) is 5.43 Å². The number of pyridine rings is 1. The molecule has 0 aliphatic carbocycles. The fourth-order valence-corrected chi connectivity index (χ4v) is 2.10. The van der Waals surface area contributed by atoms with E-state index in [0.717, 1.165) is 18.9 Å². The van der Waals surface area contributed by atoms with E-state index in [2.05, 4.69) is 31.2 Å². The molecule has 0 saturated heterocycles. The van der Waals surface area contributed by atoms with Gasteiger partial charge in [0.25, 0.3) is 0 Å². The van der Waals surface area contributed by atoms with Gasteiger partial charge in [0.2, 0.25) is 0 Å². The minimum absolute atomic E-state index is 0.0520. The molecule has 1 aliphatic heterocycles. The van der Waals surface area contributed by atoms with E-state index in [1.165, 1.54) is 0 Å². The van der Waals surface area contributed by atoms with Crippen molar-refractivity contribution < 1.29 is 0 Å². The number of nitroso groups, excluding NO2 is 1. The Balaban J connectivity index is 2.08. The highest BCUT2D eigenvalue weighted by molar-refractivity contribution is 5.52. The maximum absolute atomic E-state index is 10.5. The van der Waals surface area contributed by atoms with Gasteiger partial charge < -0.3 is 4.57 Å². The topological polar surface area (TPSA) is 97.1 Å². The highest BCUT2D eigenvalue weighted by Gasteiger charge is 2.21. The molecular weight excluding hydrogens is 246 g/mol. The number of hydrogen-bond acceptors (Lipinski definition) is 7. The largest absolute Gasteiger partial charge is 0.307 e. The summed E-state index contributed by atoms with van der Waals surface area (Å²) in [4.78, 5) is 14.7.